The van der Waals surface area contributed by atoms with Crippen molar-refractivity contribution in [2.45, 2.75) is 58.0 Å². The van der Waals surface area contributed by atoms with Crippen molar-refractivity contribution in [3.8, 4) is 16.2 Å². The molecule has 1 aromatic carbocycles. The summed E-state index contributed by atoms with van der Waals surface area (Å²) in [7, 11) is 1.59. The number of pyridine rings is 1. The molecule has 2 heterocycles. The van der Waals surface area contributed by atoms with Crippen LogP contribution in [0.3, 0.4) is 0 Å². The van der Waals surface area contributed by atoms with E-state index in [4.69, 9.17) is 4.74 Å². The number of carboxylic acids is 1. The van der Waals surface area contributed by atoms with Gasteiger partial charge in [0.25, 0.3) is 0 Å². The van der Waals surface area contributed by atoms with Crippen molar-refractivity contribution in [2.75, 3.05) is 20.2 Å². The van der Waals surface area contributed by atoms with Crippen LogP contribution in [0, 0.1) is 0 Å². The predicted octanol–water partition coefficient (Wildman–Crippen LogP) is 5.20. The lowest BCUT2D eigenvalue weighted by Gasteiger charge is -2.27. The van der Waals surface area contributed by atoms with Crippen LogP contribution in [0.5, 0.6) is 5.75 Å². The molecule has 0 radical (unpaired) electrons. The number of carbonyl (C=O) groups is 2. The summed E-state index contributed by atoms with van der Waals surface area (Å²) >= 11 is 1.69. The number of urea groups is 1. The number of aryl methyl sites for hydroxylation is 1. The number of nitrogens with zero attached hydrogens (tertiary/aromatic N) is 2. The van der Waals surface area contributed by atoms with Crippen LogP contribution < -0.4 is 15.5 Å². The summed E-state index contributed by atoms with van der Waals surface area (Å²) in [5, 5.41) is 13.2. The first-order chi connectivity index (χ1) is 17.4. The Balaban J connectivity index is 1.61. The van der Waals surface area contributed by atoms with Crippen LogP contribution in [0.25, 0.3) is 21.3 Å². The zero-order chi connectivity index (χ0) is 25.6. The summed E-state index contributed by atoms with van der Waals surface area (Å²) < 4.78 is 7.80. The molecule has 1 fully saturated rings. The highest BCUT2D eigenvalue weighted by molar-refractivity contribution is 7.15. The number of fused-ring (bicyclic) bond motifs is 2. The van der Waals surface area contributed by atoms with Gasteiger partial charge in [-0.15, -0.1) is 11.3 Å². The second-order valence-electron chi connectivity index (χ2n) is 9.41. The van der Waals surface area contributed by atoms with E-state index in [9.17, 15) is 19.5 Å². The monoisotopic (exact) mass is 509 g/mol. The third-order valence-electron chi connectivity index (χ3n) is 7.25. The quantitative estimate of drug-likeness (QED) is 0.456. The normalized spacial score (nSPS) is 17.0. The maximum absolute atomic E-state index is 13.0. The molecular weight excluding hydrogens is 478 g/mol. The van der Waals surface area contributed by atoms with E-state index in [0.717, 1.165) is 48.1 Å². The number of rotatable bonds is 7. The average molecular weight is 510 g/mol. The van der Waals surface area contributed by atoms with Crippen molar-refractivity contribution >= 4 is 34.2 Å². The van der Waals surface area contributed by atoms with E-state index in [1.165, 1.54) is 11.1 Å². The topological polar surface area (TPSA) is 101 Å². The van der Waals surface area contributed by atoms with Gasteiger partial charge >= 0.3 is 12.0 Å². The van der Waals surface area contributed by atoms with Crippen molar-refractivity contribution in [1.29, 1.82) is 0 Å². The predicted molar refractivity (Wildman–Crippen MR) is 140 cm³/mol. The Labute approximate surface area is 213 Å². The molecule has 2 N–H and O–H groups in total. The third kappa shape index (κ3) is 4.15. The van der Waals surface area contributed by atoms with E-state index >= 15 is 0 Å². The summed E-state index contributed by atoms with van der Waals surface area (Å²) in [4.78, 5) is 41.5. The maximum Gasteiger partial charge on any atom is 0.341 e. The lowest BCUT2D eigenvalue weighted by Crippen LogP contribution is -2.42. The first-order valence-electron chi connectivity index (χ1n) is 12.5. The Morgan fingerprint density at radius 1 is 1.22 bits per heavy atom. The number of nitrogens with one attached hydrogen (secondary N) is 1. The van der Waals surface area contributed by atoms with Gasteiger partial charge in [-0.25, -0.2) is 9.59 Å². The van der Waals surface area contributed by atoms with Crippen molar-refractivity contribution in [1.82, 2.24) is 14.8 Å². The van der Waals surface area contributed by atoms with Gasteiger partial charge in [-0.05, 0) is 69.7 Å². The highest BCUT2D eigenvalue weighted by Gasteiger charge is 2.30. The molecule has 0 saturated heterocycles. The number of aromatic carboxylic acids is 1. The van der Waals surface area contributed by atoms with Crippen molar-refractivity contribution in [2.24, 2.45) is 0 Å². The molecule has 9 heteroatoms. The van der Waals surface area contributed by atoms with Crippen LogP contribution >= 0.6 is 11.3 Å². The van der Waals surface area contributed by atoms with Crippen LogP contribution in [0.1, 0.15) is 72.4 Å². The lowest BCUT2D eigenvalue weighted by molar-refractivity contribution is 0.0694. The van der Waals surface area contributed by atoms with E-state index in [0.29, 0.717) is 29.7 Å². The minimum Gasteiger partial charge on any atom is -0.494 e. The molecule has 36 heavy (non-hydrogen) atoms. The number of amides is 2. The molecule has 0 spiro atoms. The summed E-state index contributed by atoms with van der Waals surface area (Å²) in [6.45, 7) is 5.28. The minimum atomic E-state index is -1.22. The molecule has 0 bridgehead atoms. The zero-order valence-corrected chi connectivity index (χ0v) is 21.6. The van der Waals surface area contributed by atoms with Crippen molar-refractivity contribution in [3.05, 3.63) is 50.6 Å². The average Bonchev–Trinajstić information content (AvgIpc) is 3.62. The van der Waals surface area contributed by atoms with Crippen LogP contribution in [0.15, 0.2) is 29.2 Å². The molecule has 2 aliphatic rings. The molecule has 2 amide bonds. The van der Waals surface area contributed by atoms with Crippen LogP contribution in [0.2, 0.25) is 0 Å². The highest BCUT2D eigenvalue weighted by Crippen LogP contribution is 2.46. The van der Waals surface area contributed by atoms with Crippen molar-refractivity contribution < 1.29 is 19.4 Å². The first-order valence-corrected chi connectivity index (χ1v) is 13.4. The fourth-order valence-electron chi connectivity index (χ4n) is 5.20. The number of benzene rings is 1. The van der Waals surface area contributed by atoms with Gasteiger partial charge < -0.3 is 24.6 Å². The molecule has 1 saturated carbocycles. The standard InChI is InChI=1S/C27H31N3O5S/c1-4-29(5-2)27(34)28-20-7-6-8-21-18(20)13-22(36-21)16-11-12-17-23(25(16)35-3)30(15-9-10-15)14-19(24(17)31)26(32)33/h11-15,20H,4-10H2,1-3H3,(H,28,34)(H,32,33). The molecule has 3 aromatic rings. The van der Waals surface area contributed by atoms with Crippen LogP contribution in [-0.4, -0.2) is 46.8 Å². The van der Waals surface area contributed by atoms with Crippen LogP contribution in [-0.2, 0) is 6.42 Å². The Hall–Kier alpha value is -3.33. The number of hydrogen-bond acceptors (Lipinski definition) is 5. The van der Waals surface area contributed by atoms with Gasteiger partial charge in [0.2, 0.25) is 5.43 Å². The van der Waals surface area contributed by atoms with E-state index in [-0.39, 0.29) is 23.7 Å². The molecule has 8 nitrogen and oxygen atoms in total. The van der Waals surface area contributed by atoms with E-state index < -0.39 is 11.4 Å². The fraction of sp³-hybridized carbons (Fsp3) is 0.444. The minimum absolute atomic E-state index is 0.0407. The molecule has 1 unspecified atom stereocenters. The third-order valence-corrected chi connectivity index (χ3v) is 8.49. The highest BCUT2D eigenvalue weighted by atomic mass is 32.1. The van der Waals surface area contributed by atoms with Crippen molar-refractivity contribution in [3.63, 3.8) is 0 Å². The number of thiophene rings is 1. The number of aromatic nitrogens is 1. The second kappa shape index (κ2) is 9.61. The van der Waals surface area contributed by atoms with Gasteiger partial charge in [0.05, 0.1) is 24.1 Å². The van der Waals surface area contributed by atoms with Gasteiger partial charge in [0.15, 0.2) is 5.75 Å². The molecule has 2 aliphatic carbocycles. The van der Waals surface area contributed by atoms with Gasteiger partial charge in [0, 0.05) is 40.6 Å². The molecule has 5 rings (SSSR count). The molecule has 190 valence electrons. The molecular formula is C27H31N3O5S. The Morgan fingerprint density at radius 3 is 2.61 bits per heavy atom. The number of ether oxygens (including phenoxy) is 1. The van der Waals surface area contributed by atoms with E-state index in [1.54, 1.807) is 29.4 Å². The molecule has 1 atom stereocenters. The summed E-state index contributed by atoms with van der Waals surface area (Å²) in [6.07, 6.45) is 6.20. The summed E-state index contributed by atoms with van der Waals surface area (Å²) in [5.41, 5.74) is 1.94. The van der Waals surface area contributed by atoms with Gasteiger partial charge in [-0.3, -0.25) is 4.79 Å². The van der Waals surface area contributed by atoms with Gasteiger partial charge in [-0.2, -0.15) is 0 Å². The zero-order valence-electron chi connectivity index (χ0n) is 20.8. The van der Waals surface area contributed by atoms with Crippen LogP contribution in [0.4, 0.5) is 4.79 Å². The van der Waals surface area contributed by atoms with Gasteiger partial charge in [0.1, 0.15) is 5.56 Å². The lowest BCUT2D eigenvalue weighted by atomic mass is 9.93. The largest absolute Gasteiger partial charge is 0.494 e. The second-order valence-corrected chi connectivity index (χ2v) is 10.6. The smallest absolute Gasteiger partial charge is 0.341 e. The number of hydrogen-bond donors (Lipinski definition) is 2. The SMILES string of the molecule is CCN(CC)C(=O)NC1CCCc2sc(-c3ccc4c(=O)c(C(=O)O)cn(C5CC5)c4c3OC)cc21. The molecule has 0 aliphatic heterocycles. The number of methoxy groups -OCH3 is 1. The Kier molecular flexibility index (Phi) is 6.51. The molecule has 2 aromatic heterocycles. The van der Waals surface area contributed by atoms with Gasteiger partial charge in [-0.1, -0.05) is 0 Å². The number of carbonyl (C=O) groups excluding carboxylic acids is 1. The first kappa shape index (κ1) is 24.4. The van der Waals surface area contributed by atoms with E-state index in [1.807, 2.05) is 24.5 Å². The maximum atomic E-state index is 13.0. The van der Waals surface area contributed by atoms with E-state index in [2.05, 4.69) is 11.4 Å². The summed E-state index contributed by atoms with van der Waals surface area (Å²) in [6, 6.07) is 5.79. The Bertz CT molecular complexity index is 1400. The summed E-state index contributed by atoms with van der Waals surface area (Å²) in [5.74, 6) is -0.640. The fourth-order valence-corrected chi connectivity index (χ4v) is 6.49. The Morgan fingerprint density at radius 2 is 1.97 bits per heavy atom. The number of carboxylic acid groups (broad SMARTS) is 1.